The van der Waals surface area contributed by atoms with E-state index in [1.807, 2.05) is 10.3 Å². The normalized spacial score (nSPS) is 18.8. The first-order chi connectivity index (χ1) is 10.1. The van der Waals surface area contributed by atoms with E-state index in [4.69, 9.17) is 0 Å². The summed E-state index contributed by atoms with van der Waals surface area (Å²) in [7, 11) is 0. The molecule has 21 heavy (non-hydrogen) atoms. The van der Waals surface area contributed by atoms with Crippen LogP contribution in [-0.2, 0) is 0 Å². The van der Waals surface area contributed by atoms with Gasteiger partial charge in [-0.3, -0.25) is 4.79 Å². The van der Waals surface area contributed by atoms with E-state index in [0.717, 1.165) is 30.2 Å². The van der Waals surface area contributed by atoms with Gasteiger partial charge in [-0.25, -0.2) is 4.98 Å². The lowest BCUT2D eigenvalue weighted by atomic mass is 10.1. The summed E-state index contributed by atoms with van der Waals surface area (Å²) >= 11 is 1.53. The third-order valence-corrected chi connectivity index (χ3v) is 4.68. The highest BCUT2D eigenvalue weighted by atomic mass is 32.1. The van der Waals surface area contributed by atoms with Crippen molar-refractivity contribution in [3.63, 3.8) is 0 Å². The van der Waals surface area contributed by atoms with E-state index in [1.54, 1.807) is 0 Å². The molecule has 0 saturated carbocycles. The lowest BCUT2D eigenvalue weighted by Gasteiger charge is -2.33. The van der Waals surface area contributed by atoms with Crippen LogP contribution in [0.2, 0.25) is 0 Å². The van der Waals surface area contributed by atoms with Crippen molar-refractivity contribution >= 4 is 17.2 Å². The second-order valence-electron chi connectivity index (χ2n) is 5.46. The Labute approximate surface area is 128 Å². The standard InChI is InChI=1S/C16H19N3OS/c1-11-3-5-13(6-4-11)15-18-14(10-21-15)16(20)19-8-7-17-9-12(19)2/h3-6,10,12,17H,7-9H2,1-2H3/t12-/m1/s1. The highest BCUT2D eigenvalue weighted by Crippen LogP contribution is 2.25. The van der Waals surface area contributed by atoms with Crippen molar-refractivity contribution in [1.82, 2.24) is 15.2 Å². The molecule has 1 aromatic carbocycles. The van der Waals surface area contributed by atoms with E-state index in [0.29, 0.717) is 5.69 Å². The Morgan fingerprint density at radius 1 is 1.38 bits per heavy atom. The van der Waals surface area contributed by atoms with Crippen LogP contribution in [0, 0.1) is 6.92 Å². The lowest BCUT2D eigenvalue weighted by molar-refractivity contribution is 0.0650. The predicted molar refractivity (Wildman–Crippen MR) is 85.7 cm³/mol. The Kier molecular flexibility index (Phi) is 4.03. The maximum atomic E-state index is 12.6. The quantitative estimate of drug-likeness (QED) is 0.927. The van der Waals surface area contributed by atoms with E-state index >= 15 is 0 Å². The number of hydrogen-bond acceptors (Lipinski definition) is 4. The summed E-state index contributed by atoms with van der Waals surface area (Å²) in [5.74, 6) is 0.0404. The van der Waals surface area contributed by atoms with Crippen molar-refractivity contribution in [3.05, 3.63) is 40.9 Å². The molecule has 1 aromatic heterocycles. The Morgan fingerprint density at radius 2 is 2.14 bits per heavy atom. The van der Waals surface area contributed by atoms with Crippen molar-refractivity contribution in [2.24, 2.45) is 0 Å². The highest BCUT2D eigenvalue weighted by Gasteiger charge is 2.25. The molecule has 3 rings (SSSR count). The van der Waals surface area contributed by atoms with Crippen LogP contribution >= 0.6 is 11.3 Å². The second kappa shape index (κ2) is 5.95. The number of piperazine rings is 1. The molecule has 1 aliphatic rings. The first kappa shape index (κ1) is 14.2. The van der Waals surface area contributed by atoms with E-state index in [9.17, 15) is 4.79 Å². The van der Waals surface area contributed by atoms with Crippen molar-refractivity contribution in [2.75, 3.05) is 19.6 Å². The van der Waals surface area contributed by atoms with Crippen LogP contribution in [0.1, 0.15) is 23.0 Å². The monoisotopic (exact) mass is 301 g/mol. The van der Waals surface area contributed by atoms with Gasteiger partial charge in [-0.2, -0.15) is 0 Å². The van der Waals surface area contributed by atoms with Gasteiger partial charge in [0.1, 0.15) is 10.7 Å². The fraction of sp³-hybridized carbons (Fsp3) is 0.375. The number of nitrogens with one attached hydrogen (secondary N) is 1. The minimum absolute atomic E-state index is 0.0404. The summed E-state index contributed by atoms with van der Waals surface area (Å²) in [6.45, 7) is 6.58. The molecule has 2 heterocycles. The van der Waals surface area contributed by atoms with E-state index in [-0.39, 0.29) is 11.9 Å². The molecular formula is C16H19N3OS. The van der Waals surface area contributed by atoms with Gasteiger partial charge in [0.15, 0.2) is 0 Å². The summed E-state index contributed by atoms with van der Waals surface area (Å²) in [4.78, 5) is 19.0. The molecule has 0 radical (unpaired) electrons. The molecule has 0 spiro atoms. The van der Waals surface area contributed by atoms with Crippen LogP contribution in [0.15, 0.2) is 29.6 Å². The molecule has 1 saturated heterocycles. The van der Waals surface area contributed by atoms with Gasteiger partial charge >= 0.3 is 0 Å². The zero-order valence-corrected chi connectivity index (χ0v) is 13.1. The number of rotatable bonds is 2. The first-order valence-corrected chi connectivity index (χ1v) is 8.07. The molecule has 0 aliphatic carbocycles. The third-order valence-electron chi connectivity index (χ3n) is 3.78. The van der Waals surface area contributed by atoms with Gasteiger partial charge in [0.05, 0.1) is 0 Å². The minimum Gasteiger partial charge on any atom is -0.332 e. The molecule has 5 heteroatoms. The topological polar surface area (TPSA) is 45.2 Å². The van der Waals surface area contributed by atoms with E-state index in [2.05, 4.69) is 48.4 Å². The summed E-state index contributed by atoms with van der Waals surface area (Å²) < 4.78 is 0. The van der Waals surface area contributed by atoms with Gasteiger partial charge in [0.2, 0.25) is 0 Å². The van der Waals surface area contributed by atoms with Crippen LogP contribution in [0.4, 0.5) is 0 Å². The van der Waals surface area contributed by atoms with Gasteiger partial charge in [0, 0.05) is 36.6 Å². The predicted octanol–water partition coefficient (Wildman–Crippen LogP) is 2.55. The number of carbonyl (C=O) groups is 1. The maximum Gasteiger partial charge on any atom is 0.273 e. The minimum atomic E-state index is 0.0404. The molecule has 1 aliphatic heterocycles. The van der Waals surface area contributed by atoms with Crippen molar-refractivity contribution < 1.29 is 4.79 Å². The number of aryl methyl sites for hydroxylation is 1. The zero-order chi connectivity index (χ0) is 14.8. The number of carbonyl (C=O) groups excluding carboxylic acids is 1. The van der Waals surface area contributed by atoms with Crippen LogP contribution in [0.3, 0.4) is 0 Å². The maximum absolute atomic E-state index is 12.6. The van der Waals surface area contributed by atoms with Gasteiger partial charge in [-0.15, -0.1) is 11.3 Å². The summed E-state index contributed by atoms with van der Waals surface area (Å²) in [5.41, 5.74) is 2.85. The van der Waals surface area contributed by atoms with Gasteiger partial charge in [-0.1, -0.05) is 29.8 Å². The number of amides is 1. The number of thiazole rings is 1. The van der Waals surface area contributed by atoms with Gasteiger partial charge < -0.3 is 10.2 Å². The Hall–Kier alpha value is -1.72. The summed E-state index contributed by atoms with van der Waals surface area (Å²) in [6.07, 6.45) is 0. The van der Waals surface area contributed by atoms with Crippen molar-refractivity contribution in [2.45, 2.75) is 19.9 Å². The Morgan fingerprint density at radius 3 is 2.86 bits per heavy atom. The number of hydrogen-bond donors (Lipinski definition) is 1. The number of aromatic nitrogens is 1. The van der Waals surface area contributed by atoms with E-state index < -0.39 is 0 Å². The zero-order valence-electron chi connectivity index (χ0n) is 12.3. The van der Waals surface area contributed by atoms with Crippen LogP contribution in [0.25, 0.3) is 10.6 Å². The average Bonchev–Trinajstić information content (AvgIpc) is 2.98. The van der Waals surface area contributed by atoms with Gasteiger partial charge in [0.25, 0.3) is 5.91 Å². The summed E-state index contributed by atoms with van der Waals surface area (Å²) in [6, 6.07) is 8.45. The third kappa shape index (κ3) is 2.99. The average molecular weight is 301 g/mol. The highest BCUT2D eigenvalue weighted by molar-refractivity contribution is 7.13. The lowest BCUT2D eigenvalue weighted by Crippen LogP contribution is -2.52. The number of benzene rings is 1. The van der Waals surface area contributed by atoms with Crippen LogP contribution in [-0.4, -0.2) is 41.5 Å². The van der Waals surface area contributed by atoms with E-state index in [1.165, 1.54) is 16.9 Å². The molecule has 0 unspecified atom stereocenters. The van der Waals surface area contributed by atoms with Crippen LogP contribution in [0.5, 0.6) is 0 Å². The fourth-order valence-corrected chi connectivity index (χ4v) is 3.29. The second-order valence-corrected chi connectivity index (χ2v) is 6.31. The SMILES string of the molecule is Cc1ccc(-c2nc(C(=O)N3CCNC[C@H]3C)cs2)cc1. The van der Waals surface area contributed by atoms with Crippen molar-refractivity contribution in [1.29, 1.82) is 0 Å². The molecule has 1 atom stereocenters. The molecule has 4 nitrogen and oxygen atoms in total. The molecule has 110 valence electrons. The summed E-state index contributed by atoms with van der Waals surface area (Å²) in [5, 5.41) is 6.07. The Balaban J connectivity index is 1.81. The number of nitrogens with zero attached hydrogens (tertiary/aromatic N) is 2. The molecule has 1 fully saturated rings. The molecular weight excluding hydrogens is 282 g/mol. The molecule has 2 aromatic rings. The van der Waals surface area contributed by atoms with Gasteiger partial charge in [-0.05, 0) is 13.8 Å². The molecule has 1 N–H and O–H groups in total. The smallest absolute Gasteiger partial charge is 0.273 e. The largest absolute Gasteiger partial charge is 0.332 e. The fourth-order valence-electron chi connectivity index (χ4n) is 2.49. The molecule has 1 amide bonds. The van der Waals surface area contributed by atoms with Crippen molar-refractivity contribution in [3.8, 4) is 10.6 Å². The Bertz CT molecular complexity index is 635. The van der Waals surface area contributed by atoms with Crippen LogP contribution < -0.4 is 5.32 Å². The molecule has 0 bridgehead atoms. The first-order valence-electron chi connectivity index (χ1n) is 7.19.